The van der Waals surface area contributed by atoms with E-state index >= 15 is 0 Å². The molecule has 3 N–H and O–H groups in total. The molecule has 15 nitrogen and oxygen atoms in total. The van der Waals surface area contributed by atoms with E-state index in [1.54, 1.807) is 23.5 Å². The van der Waals surface area contributed by atoms with Gasteiger partial charge in [0, 0.05) is 112 Å². The van der Waals surface area contributed by atoms with Crippen molar-refractivity contribution in [1.82, 2.24) is 34.8 Å². The van der Waals surface area contributed by atoms with Gasteiger partial charge in [0.05, 0.1) is 60.4 Å². The molecule has 1 aliphatic carbocycles. The Kier molecular flexibility index (Phi) is 13.3. The van der Waals surface area contributed by atoms with Crippen LogP contribution in [0.3, 0.4) is 0 Å². The van der Waals surface area contributed by atoms with Crippen molar-refractivity contribution in [1.29, 1.82) is 0 Å². The number of anilines is 1. The monoisotopic (exact) mass is 938 g/mol. The minimum atomic E-state index is -0.889. The van der Waals surface area contributed by atoms with Crippen LogP contribution in [-0.4, -0.2) is 145 Å². The molecule has 1 amide bonds. The summed E-state index contributed by atoms with van der Waals surface area (Å²) in [5, 5.41) is 5.57. The Balaban J connectivity index is 1.12. The molecule has 10 rings (SSSR count). The molecule has 6 bridgehead atoms. The third-order valence-corrected chi connectivity index (χ3v) is 15.9. The summed E-state index contributed by atoms with van der Waals surface area (Å²) in [5.41, 5.74) is 18.0. The Morgan fingerprint density at radius 1 is 0.970 bits per heavy atom. The molecule has 4 aromatic rings. The largest absolute Gasteiger partial charge is 0.464 e. The number of rotatable bonds is 10. The highest BCUT2D eigenvalue weighted by Crippen LogP contribution is 2.45. The summed E-state index contributed by atoms with van der Waals surface area (Å²) < 4.78 is 27.1. The first-order valence-corrected chi connectivity index (χ1v) is 25.7. The number of fused-ring (bicyclic) bond motifs is 6. The summed E-state index contributed by atoms with van der Waals surface area (Å²) in [6.45, 7) is 19.7. The van der Waals surface area contributed by atoms with Gasteiger partial charge in [-0.05, 0) is 81.0 Å². The number of likely N-dealkylation sites (tertiary alicyclic amines) is 1. The quantitative estimate of drug-likeness (QED) is 0.170. The molecule has 0 unspecified atom stereocenters. The molecule has 4 saturated heterocycles. The predicted octanol–water partition coefficient (Wildman–Crippen LogP) is 6.35. The number of hydrogen-bond acceptors (Lipinski definition) is 14. The van der Waals surface area contributed by atoms with Crippen molar-refractivity contribution >= 4 is 39.8 Å². The molecule has 362 valence electrons. The van der Waals surface area contributed by atoms with Crippen LogP contribution < -0.4 is 16.1 Å². The van der Waals surface area contributed by atoms with E-state index in [0.29, 0.717) is 52.2 Å². The fourth-order valence-corrected chi connectivity index (χ4v) is 12.2. The molecule has 67 heavy (non-hydrogen) atoms. The number of piperazine rings is 1. The van der Waals surface area contributed by atoms with Gasteiger partial charge >= 0.3 is 5.97 Å². The third-order valence-electron chi connectivity index (χ3n) is 15.0. The number of nitrogens with zero attached hydrogens (tertiary/aromatic N) is 7. The lowest BCUT2D eigenvalue weighted by Crippen LogP contribution is -2.63. The minimum absolute atomic E-state index is 0.101. The SMILES string of the molecule is CO[C@@H](C)c1ncc(N2CCN(C3CC3)CC2)cc1-c1c2c3cc(ccc3n1CCOC1CCOCC1)-c1csc(n1)[C@@H](N1CC(C)(C)C1)[C@H](N)C(=O)N1CCC[C@H](N1)C(=O)OCC(C)(C)C2. The van der Waals surface area contributed by atoms with Crippen LogP contribution in [0.1, 0.15) is 102 Å². The van der Waals surface area contributed by atoms with Crippen LogP contribution in [0.15, 0.2) is 35.8 Å². The highest BCUT2D eigenvalue weighted by atomic mass is 32.1. The number of aromatic nitrogens is 3. The number of methoxy groups -OCH3 is 1. The van der Waals surface area contributed by atoms with Gasteiger partial charge in [0.1, 0.15) is 17.1 Å². The average Bonchev–Trinajstić information content (AvgIpc) is 4.00. The van der Waals surface area contributed by atoms with Crippen molar-refractivity contribution in [3.63, 3.8) is 0 Å². The zero-order chi connectivity index (χ0) is 46.6. The number of benzene rings is 1. The Morgan fingerprint density at radius 2 is 1.75 bits per heavy atom. The number of carbonyl (C=O) groups excluding carboxylic acids is 2. The van der Waals surface area contributed by atoms with E-state index in [1.807, 2.05) is 6.20 Å². The van der Waals surface area contributed by atoms with Gasteiger partial charge in [-0.2, -0.15) is 0 Å². The molecule has 5 fully saturated rings. The molecular weight excluding hydrogens is 867 g/mol. The number of pyridine rings is 1. The number of esters is 1. The zero-order valence-electron chi connectivity index (χ0n) is 40.4. The van der Waals surface area contributed by atoms with Gasteiger partial charge in [0.2, 0.25) is 0 Å². The minimum Gasteiger partial charge on any atom is -0.464 e. The van der Waals surface area contributed by atoms with Crippen molar-refractivity contribution in [2.45, 2.75) is 122 Å². The number of nitrogens with one attached hydrogen (secondary N) is 1. The second-order valence-corrected chi connectivity index (χ2v) is 22.4. The van der Waals surface area contributed by atoms with Gasteiger partial charge in [0.15, 0.2) is 0 Å². The van der Waals surface area contributed by atoms with Crippen LogP contribution in [0.25, 0.3) is 33.4 Å². The Hall–Kier alpha value is -4.00. The van der Waals surface area contributed by atoms with E-state index in [0.717, 1.165) is 114 Å². The lowest BCUT2D eigenvalue weighted by atomic mass is 9.82. The van der Waals surface area contributed by atoms with Gasteiger partial charge in [-0.25, -0.2) is 10.4 Å². The Morgan fingerprint density at radius 3 is 2.48 bits per heavy atom. The second-order valence-electron chi connectivity index (χ2n) is 21.5. The molecule has 8 heterocycles. The van der Waals surface area contributed by atoms with Gasteiger partial charge in [-0.1, -0.05) is 33.8 Å². The summed E-state index contributed by atoms with van der Waals surface area (Å²) in [5.74, 6) is -0.608. The second kappa shape index (κ2) is 19.1. The van der Waals surface area contributed by atoms with Gasteiger partial charge in [-0.3, -0.25) is 29.4 Å². The van der Waals surface area contributed by atoms with Gasteiger partial charge in [0.25, 0.3) is 5.91 Å². The van der Waals surface area contributed by atoms with Crippen LogP contribution in [0.4, 0.5) is 5.69 Å². The lowest BCUT2D eigenvalue weighted by Gasteiger charge is -2.50. The smallest absolute Gasteiger partial charge is 0.324 e. The molecule has 16 heteroatoms. The molecule has 1 aromatic carbocycles. The van der Waals surface area contributed by atoms with E-state index < -0.39 is 23.5 Å². The van der Waals surface area contributed by atoms with Crippen molar-refractivity contribution in [2.75, 3.05) is 84.3 Å². The normalized spacial score (nSPS) is 26.0. The summed E-state index contributed by atoms with van der Waals surface area (Å²) in [4.78, 5) is 46.3. The molecule has 0 radical (unpaired) electrons. The van der Waals surface area contributed by atoms with E-state index in [1.165, 1.54) is 12.8 Å². The summed E-state index contributed by atoms with van der Waals surface area (Å²) in [6, 6.07) is 7.80. The first kappa shape index (κ1) is 46.7. The number of ether oxygens (including phenoxy) is 4. The number of amides is 1. The fraction of sp³-hybridized carbons (Fsp3) is 0.647. The first-order chi connectivity index (χ1) is 32.3. The fourth-order valence-electron chi connectivity index (χ4n) is 11.2. The molecule has 0 spiro atoms. The van der Waals surface area contributed by atoms with Crippen molar-refractivity contribution < 1.29 is 28.5 Å². The molecule has 6 aliphatic rings. The highest BCUT2D eigenvalue weighted by molar-refractivity contribution is 7.10. The van der Waals surface area contributed by atoms with E-state index in [4.69, 9.17) is 34.6 Å². The van der Waals surface area contributed by atoms with Crippen molar-refractivity contribution in [3.8, 4) is 22.5 Å². The van der Waals surface area contributed by atoms with Crippen molar-refractivity contribution in [3.05, 3.63) is 52.1 Å². The summed E-state index contributed by atoms with van der Waals surface area (Å²) in [7, 11) is 1.75. The van der Waals surface area contributed by atoms with Crippen LogP contribution >= 0.6 is 11.3 Å². The number of hydrazine groups is 1. The number of cyclic esters (lactones) is 1. The first-order valence-electron chi connectivity index (χ1n) is 24.8. The molecule has 1 saturated carbocycles. The maximum Gasteiger partial charge on any atom is 0.324 e. The maximum atomic E-state index is 14.3. The summed E-state index contributed by atoms with van der Waals surface area (Å²) in [6.07, 6.45) is 8.11. The van der Waals surface area contributed by atoms with E-state index in [2.05, 4.69) is 89.0 Å². The molecule has 5 aliphatic heterocycles. The number of thiazole rings is 1. The molecular formula is C51H71N9O6S. The van der Waals surface area contributed by atoms with Crippen molar-refractivity contribution in [2.24, 2.45) is 16.6 Å². The topological polar surface area (TPSA) is 153 Å². The average molecular weight is 938 g/mol. The Labute approximate surface area is 399 Å². The number of nitrogens with two attached hydrogens (primary N) is 1. The van der Waals surface area contributed by atoms with E-state index in [-0.39, 0.29) is 36.1 Å². The van der Waals surface area contributed by atoms with Gasteiger partial charge < -0.3 is 34.1 Å². The van der Waals surface area contributed by atoms with Gasteiger partial charge in [-0.15, -0.1) is 11.3 Å². The maximum absolute atomic E-state index is 14.3. The lowest BCUT2D eigenvalue weighted by molar-refractivity contribution is -0.155. The standard InChI is InChI=1S/C51H71N9O6S/c1-32(63-6)44-38(25-35(27-53-44)57-18-16-56(17-19-57)34-10-11-34)45-39-26-50(2,3)31-66-49(62)40-8-7-15-60(55-40)48(61)43(52)46(58-29-51(4,5)30-58)47-54-41(28-67-47)33-9-12-42(37(39)24-33)59(45)20-23-65-36-13-21-64-22-14-36/h9,12,24-25,27-28,32,34,36,40,43,46,55H,7-8,10-11,13-23,26,29-31,52H2,1-6H3/t32-,40-,43-,46-/m0/s1. The highest BCUT2D eigenvalue weighted by Gasteiger charge is 2.46. The predicted molar refractivity (Wildman–Crippen MR) is 261 cm³/mol. The molecule has 3 aromatic heterocycles. The summed E-state index contributed by atoms with van der Waals surface area (Å²) >= 11 is 1.56. The van der Waals surface area contributed by atoms with Crippen LogP contribution in [0.5, 0.6) is 0 Å². The number of hydrogen-bond donors (Lipinski definition) is 2. The molecule has 4 atom stereocenters. The van der Waals surface area contributed by atoms with Crippen LogP contribution in [0.2, 0.25) is 0 Å². The van der Waals surface area contributed by atoms with E-state index in [9.17, 15) is 9.59 Å². The number of carbonyl (C=O) groups is 2. The van der Waals surface area contributed by atoms with Crippen LogP contribution in [0, 0.1) is 10.8 Å². The van der Waals surface area contributed by atoms with Crippen LogP contribution in [-0.2, 0) is 41.5 Å². The zero-order valence-corrected chi connectivity index (χ0v) is 41.2. The third kappa shape index (κ3) is 9.79. The Bertz CT molecular complexity index is 2430.